The Morgan fingerprint density at radius 2 is 1.66 bits per heavy atom. The molecule has 3 aromatic carbocycles. The Balaban J connectivity index is 1.59. The summed E-state index contributed by atoms with van der Waals surface area (Å²) in [6, 6.07) is 25.0. The van der Waals surface area contributed by atoms with Crippen LogP contribution in [0.25, 0.3) is 5.69 Å². The Bertz CT molecular complexity index is 1290. The average molecular weight is 489 g/mol. The minimum absolute atomic E-state index is 0.103. The van der Waals surface area contributed by atoms with E-state index >= 15 is 0 Å². The monoisotopic (exact) mass is 488 g/mol. The summed E-state index contributed by atoms with van der Waals surface area (Å²) < 4.78 is 13.4. The van der Waals surface area contributed by atoms with Crippen molar-refractivity contribution in [2.24, 2.45) is 0 Å². The predicted octanol–water partition coefficient (Wildman–Crippen LogP) is 5.84. The van der Waals surface area contributed by atoms with Gasteiger partial charge in [0, 0.05) is 17.4 Å². The number of rotatable bonds is 9. The van der Waals surface area contributed by atoms with Gasteiger partial charge in [-0.3, -0.25) is 9.36 Å². The van der Waals surface area contributed by atoms with E-state index in [1.54, 1.807) is 7.11 Å². The molecule has 1 N–H and O–H groups in total. The van der Waals surface area contributed by atoms with Gasteiger partial charge < -0.3 is 14.8 Å². The molecule has 0 saturated carbocycles. The molecular weight excluding hydrogens is 460 g/mol. The zero-order chi connectivity index (χ0) is 24.8. The van der Waals surface area contributed by atoms with Crippen molar-refractivity contribution in [1.82, 2.24) is 14.8 Å². The van der Waals surface area contributed by atoms with Gasteiger partial charge >= 0.3 is 0 Å². The number of nitrogens with one attached hydrogen (secondary N) is 1. The molecule has 7 nitrogen and oxygen atoms in total. The van der Waals surface area contributed by atoms with E-state index in [0.29, 0.717) is 22.5 Å². The van der Waals surface area contributed by atoms with Crippen LogP contribution in [0.4, 0.5) is 5.69 Å². The van der Waals surface area contributed by atoms with Gasteiger partial charge in [0.05, 0.1) is 12.4 Å². The molecule has 0 bridgehead atoms. The van der Waals surface area contributed by atoms with Crippen molar-refractivity contribution >= 4 is 23.4 Å². The molecule has 1 aromatic heterocycles. The fourth-order valence-electron chi connectivity index (χ4n) is 3.53. The molecule has 4 rings (SSSR count). The third kappa shape index (κ3) is 5.84. The number of ether oxygens (including phenoxy) is 2. The summed E-state index contributed by atoms with van der Waals surface area (Å²) in [4.78, 5) is 12.9. The Labute approximate surface area is 209 Å². The van der Waals surface area contributed by atoms with E-state index in [1.807, 2.05) is 104 Å². The first-order chi connectivity index (χ1) is 17.0. The second-order valence-electron chi connectivity index (χ2n) is 8.02. The lowest BCUT2D eigenvalue weighted by molar-refractivity contribution is -0.115. The summed E-state index contributed by atoms with van der Waals surface area (Å²) in [7, 11) is 1.62. The van der Waals surface area contributed by atoms with E-state index in [-0.39, 0.29) is 5.91 Å². The average Bonchev–Trinajstić information content (AvgIpc) is 3.29. The molecule has 2 atom stereocenters. The largest absolute Gasteiger partial charge is 0.497 e. The highest BCUT2D eigenvalue weighted by molar-refractivity contribution is 8.00. The Morgan fingerprint density at radius 3 is 2.40 bits per heavy atom. The molecule has 0 fully saturated rings. The molecule has 0 radical (unpaired) electrons. The van der Waals surface area contributed by atoms with Gasteiger partial charge in [0.25, 0.3) is 0 Å². The first-order valence-electron chi connectivity index (χ1n) is 11.3. The molecule has 0 aliphatic heterocycles. The maximum Gasteiger partial charge on any atom is 0.237 e. The molecular formula is C27H28N4O3S. The molecule has 1 heterocycles. The fourth-order valence-corrected chi connectivity index (χ4v) is 4.41. The minimum Gasteiger partial charge on any atom is -0.497 e. The molecule has 0 spiro atoms. The number of carbonyl (C=O) groups excluding carboxylic acids is 1. The number of nitrogens with zero attached hydrogens (tertiary/aromatic N) is 3. The van der Waals surface area contributed by atoms with Gasteiger partial charge in [0.1, 0.15) is 11.5 Å². The number of hydrogen-bond acceptors (Lipinski definition) is 6. The smallest absolute Gasteiger partial charge is 0.237 e. The zero-order valence-corrected chi connectivity index (χ0v) is 21.0. The first-order valence-corrected chi connectivity index (χ1v) is 12.2. The van der Waals surface area contributed by atoms with Crippen LogP contribution in [0.5, 0.6) is 11.5 Å². The van der Waals surface area contributed by atoms with Crippen LogP contribution in [0.3, 0.4) is 0 Å². The molecule has 0 saturated heterocycles. The van der Waals surface area contributed by atoms with Crippen molar-refractivity contribution in [1.29, 1.82) is 0 Å². The number of para-hydroxylation sites is 2. The van der Waals surface area contributed by atoms with Crippen LogP contribution >= 0.6 is 11.8 Å². The summed E-state index contributed by atoms with van der Waals surface area (Å²) in [6.45, 7) is 5.75. The second-order valence-corrected chi connectivity index (χ2v) is 9.32. The van der Waals surface area contributed by atoms with Gasteiger partial charge in [-0.2, -0.15) is 0 Å². The summed E-state index contributed by atoms with van der Waals surface area (Å²) in [5, 5.41) is 12.1. The number of hydrogen-bond donors (Lipinski definition) is 1. The highest BCUT2D eigenvalue weighted by Crippen LogP contribution is 2.31. The highest BCUT2D eigenvalue weighted by atomic mass is 32.2. The van der Waals surface area contributed by atoms with Gasteiger partial charge in [0.15, 0.2) is 17.1 Å². The van der Waals surface area contributed by atoms with Gasteiger partial charge in [-0.25, -0.2) is 0 Å². The third-order valence-corrected chi connectivity index (χ3v) is 6.49. The van der Waals surface area contributed by atoms with Crippen molar-refractivity contribution in [2.75, 3.05) is 12.4 Å². The van der Waals surface area contributed by atoms with Gasteiger partial charge in [-0.15, -0.1) is 10.2 Å². The molecule has 0 aliphatic carbocycles. The summed E-state index contributed by atoms with van der Waals surface area (Å²) >= 11 is 1.35. The molecule has 180 valence electrons. The molecule has 0 aliphatic rings. The standard InChI is InChI=1S/C27H28N4O3S/c1-18-11-8-9-16-24(18)28-26(32)20(3)35-27-30-29-25(31(27)21-12-6-5-7-13-21)19(2)34-23-15-10-14-22(17-23)33-4/h5-17,19-20H,1-4H3,(H,28,32). The number of aromatic nitrogens is 3. The number of carbonyl (C=O) groups is 1. The Morgan fingerprint density at radius 1 is 0.943 bits per heavy atom. The quantitative estimate of drug-likeness (QED) is 0.298. The van der Waals surface area contributed by atoms with E-state index in [4.69, 9.17) is 9.47 Å². The van der Waals surface area contributed by atoms with E-state index in [1.165, 1.54) is 11.8 Å². The number of amides is 1. The lowest BCUT2D eigenvalue weighted by Crippen LogP contribution is -2.23. The number of thioether (sulfide) groups is 1. The maximum absolute atomic E-state index is 12.9. The normalized spacial score (nSPS) is 12.6. The van der Waals surface area contributed by atoms with E-state index in [2.05, 4.69) is 15.5 Å². The fraction of sp³-hybridized carbons (Fsp3) is 0.222. The summed E-state index contributed by atoms with van der Waals surface area (Å²) in [6.07, 6.45) is -0.403. The van der Waals surface area contributed by atoms with Crippen LogP contribution in [0, 0.1) is 6.92 Å². The SMILES string of the molecule is COc1cccc(OC(C)c2nnc(SC(C)C(=O)Nc3ccccc3C)n2-c2ccccc2)c1. The van der Waals surface area contributed by atoms with Gasteiger partial charge in [-0.1, -0.05) is 54.2 Å². The van der Waals surface area contributed by atoms with Crippen molar-refractivity contribution in [2.45, 2.75) is 37.3 Å². The first kappa shape index (κ1) is 24.3. The Kier molecular flexibility index (Phi) is 7.72. The van der Waals surface area contributed by atoms with E-state index in [9.17, 15) is 4.79 Å². The van der Waals surface area contributed by atoms with E-state index < -0.39 is 11.4 Å². The minimum atomic E-state index is -0.403. The maximum atomic E-state index is 12.9. The van der Waals surface area contributed by atoms with Crippen molar-refractivity contribution < 1.29 is 14.3 Å². The molecule has 35 heavy (non-hydrogen) atoms. The Hall–Kier alpha value is -3.78. The number of methoxy groups -OCH3 is 1. The van der Waals surface area contributed by atoms with Crippen LogP contribution < -0.4 is 14.8 Å². The van der Waals surface area contributed by atoms with Crippen LogP contribution in [0.2, 0.25) is 0 Å². The molecule has 4 aromatic rings. The van der Waals surface area contributed by atoms with Crippen LogP contribution in [0.1, 0.15) is 31.3 Å². The molecule has 8 heteroatoms. The number of benzene rings is 3. The van der Waals surface area contributed by atoms with Gasteiger partial charge in [-0.05, 0) is 56.7 Å². The topological polar surface area (TPSA) is 78.3 Å². The second kappa shape index (κ2) is 11.1. The predicted molar refractivity (Wildman–Crippen MR) is 139 cm³/mol. The van der Waals surface area contributed by atoms with Crippen molar-refractivity contribution in [3.05, 3.63) is 90.3 Å². The van der Waals surface area contributed by atoms with Crippen molar-refractivity contribution in [3.8, 4) is 17.2 Å². The zero-order valence-electron chi connectivity index (χ0n) is 20.1. The van der Waals surface area contributed by atoms with Crippen LogP contribution in [-0.2, 0) is 4.79 Å². The highest BCUT2D eigenvalue weighted by Gasteiger charge is 2.24. The number of aryl methyl sites for hydroxylation is 1. The lowest BCUT2D eigenvalue weighted by atomic mass is 10.2. The van der Waals surface area contributed by atoms with Crippen LogP contribution in [0.15, 0.2) is 84.0 Å². The summed E-state index contributed by atoms with van der Waals surface area (Å²) in [5.41, 5.74) is 2.70. The van der Waals surface area contributed by atoms with Gasteiger partial charge in [0.2, 0.25) is 5.91 Å². The lowest BCUT2D eigenvalue weighted by Gasteiger charge is -2.18. The van der Waals surface area contributed by atoms with Crippen molar-refractivity contribution in [3.63, 3.8) is 0 Å². The molecule has 2 unspecified atom stereocenters. The van der Waals surface area contributed by atoms with Crippen LogP contribution in [-0.4, -0.2) is 33.0 Å². The summed E-state index contributed by atoms with van der Waals surface area (Å²) in [5.74, 6) is 1.91. The molecule has 1 amide bonds. The number of anilines is 1. The van der Waals surface area contributed by atoms with E-state index in [0.717, 1.165) is 16.9 Å². The third-order valence-electron chi connectivity index (χ3n) is 5.44.